The normalized spacial score (nSPS) is 11.4. The predicted molar refractivity (Wildman–Crippen MR) is 73.7 cm³/mol. The highest BCUT2D eigenvalue weighted by molar-refractivity contribution is 7.99. The minimum Gasteiger partial charge on any atom is -0.481 e. The van der Waals surface area contributed by atoms with E-state index >= 15 is 0 Å². The third-order valence-corrected chi connectivity index (χ3v) is 4.53. The maximum Gasteiger partial charge on any atom is 0.307 e. The van der Waals surface area contributed by atoms with Gasteiger partial charge in [-0.1, -0.05) is 24.3 Å². The van der Waals surface area contributed by atoms with Crippen molar-refractivity contribution in [1.82, 2.24) is 0 Å². The Morgan fingerprint density at radius 3 is 2.44 bits per heavy atom. The van der Waals surface area contributed by atoms with E-state index in [-0.39, 0.29) is 12.2 Å². The largest absolute Gasteiger partial charge is 0.481 e. The first kappa shape index (κ1) is 15.0. The number of rotatable bonds is 7. The van der Waals surface area contributed by atoms with E-state index in [0.717, 1.165) is 11.1 Å². The van der Waals surface area contributed by atoms with Crippen LogP contribution >= 0.6 is 11.8 Å². The second-order valence-electron chi connectivity index (χ2n) is 4.02. The summed E-state index contributed by atoms with van der Waals surface area (Å²) in [6.07, 6.45) is 1.22. The Kier molecular flexibility index (Phi) is 5.68. The van der Waals surface area contributed by atoms with Gasteiger partial charge >= 0.3 is 5.97 Å². The number of carboxylic acids is 1. The molecule has 0 fully saturated rings. The van der Waals surface area contributed by atoms with E-state index in [1.165, 1.54) is 18.0 Å². The Morgan fingerprint density at radius 2 is 1.89 bits per heavy atom. The van der Waals surface area contributed by atoms with Gasteiger partial charge < -0.3 is 5.11 Å². The summed E-state index contributed by atoms with van der Waals surface area (Å²) < 4.78 is 21.9. The number of carbonyl (C=O) groups is 1. The van der Waals surface area contributed by atoms with Crippen LogP contribution in [0.25, 0.3) is 0 Å². The molecule has 0 radical (unpaired) electrons. The lowest BCUT2D eigenvalue weighted by molar-refractivity contribution is -0.136. The Labute approximate surface area is 111 Å². The summed E-state index contributed by atoms with van der Waals surface area (Å²) in [5.74, 6) is 0.460. The number of hydrogen-bond acceptors (Lipinski definition) is 4. The van der Waals surface area contributed by atoms with Crippen LogP contribution in [0.3, 0.4) is 0 Å². The van der Waals surface area contributed by atoms with Crippen molar-refractivity contribution in [1.29, 1.82) is 0 Å². The molecule has 18 heavy (non-hydrogen) atoms. The van der Waals surface area contributed by atoms with Gasteiger partial charge in [0.1, 0.15) is 9.84 Å². The van der Waals surface area contributed by atoms with Crippen LogP contribution in [0.15, 0.2) is 24.3 Å². The molecule has 1 aromatic rings. The summed E-state index contributed by atoms with van der Waals surface area (Å²) >= 11 is 1.50. The first-order chi connectivity index (χ1) is 8.38. The van der Waals surface area contributed by atoms with Crippen molar-refractivity contribution in [2.75, 3.05) is 17.8 Å². The molecule has 0 heterocycles. The highest BCUT2D eigenvalue weighted by Crippen LogP contribution is 2.17. The monoisotopic (exact) mass is 288 g/mol. The molecule has 0 spiro atoms. The van der Waals surface area contributed by atoms with Crippen LogP contribution in [-0.2, 0) is 26.8 Å². The molecule has 0 aliphatic carbocycles. The smallest absolute Gasteiger partial charge is 0.307 e. The average molecular weight is 288 g/mol. The highest BCUT2D eigenvalue weighted by Gasteiger charge is 2.07. The summed E-state index contributed by atoms with van der Waals surface area (Å²) in [5.41, 5.74) is 1.75. The van der Waals surface area contributed by atoms with Gasteiger partial charge in [0.05, 0.1) is 12.2 Å². The molecule has 0 saturated carbocycles. The Bertz CT molecular complexity index is 509. The summed E-state index contributed by atoms with van der Waals surface area (Å²) in [5, 5.41) is 8.78. The van der Waals surface area contributed by atoms with E-state index in [1.807, 2.05) is 18.2 Å². The number of aliphatic carboxylic acids is 1. The van der Waals surface area contributed by atoms with E-state index in [4.69, 9.17) is 5.11 Å². The summed E-state index contributed by atoms with van der Waals surface area (Å²) in [4.78, 5) is 10.7. The van der Waals surface area contributed by atoms with Crippen molar-refractivity contribution in [3.8, 4) is 0 Å². The first-order valence-corrected chi connectivity index (χ1v) is 8.64. The Morgan fingerprint density at radius 1 is 1.28 bits per heavy atom. The standard InChI is InChI=1S/C12H16O4S2/c1-18(15,16)7-6-17-9-11-5-3-2-4-10(11)8-12(13)14/h2-5H,6-9H2,1H3,(H,13,14). The van der Waals surface area contributed by atoms with Crippen molar-refractivity contribution >= 4 is 27.6 Å². The maximum atomic E-state index is 11.0. The molecular formula is C12H16O4S2. The molecule has 0 aliphatic heterocycles. The molecule has 0 atom stereocenters. The lowest BCUT2D eigenvalue weighted by Crippen LogP contribution is -2.06. The van der Waals surface area contributed by atoms with E-state index in [9.17, 15) is 13.2 Å². The van der Waals surface area contributed by atoms with E-state index in [0.29, 0.717) is 11.5 Å². The molecule has 0 unspecified atom stereocenters. The number of thioether (sulfide) groups is 1. The molecular weight excluding hydrogens is 272 g/mol. The van der Waals surface area contributed by atoms with Gasteiger partial charge in [0.2, 0.25) is 0 Å². The van der Waals surface area contributed by atoms with Crippen LogP contribution in [-0.4, -0.2) is 37.3 Å². The van der Waals surface area contributed by atoms with Gasteiger partial charge in [-0.2, -0.15) is 11.8 Å². The van der Waals surface area contributed by atoms with E-state index in [1.54, 1.807) is 6.07 Å². The average Bonchev–Trinajstić information content (AvgIpc) is 2.24. The quantitative estimate of drug-likeness (QED) is 0.771. The molecule has 100 valence electrons. The van der Waals surface area contributed by atoms with Gasteiger partial charge in [0.15, 0.2) is 0 Å². The van der Waals surface area contributed by atoms with Crippen LogP contribution in [0.1, 0.15) is 11.1 Å². The van der Waals surface area contributed by atoms with Gasteiger partial charge in [-0.15, -0.1) is 0 Å². The van der Waals surface area contributed by atoms with E-state index in [2.05, 4.69) is 0 Å². The van der Waals surface area contributed by atoms with Gasteiger partial charge in [0.25, 0.3) is 0 Å². The third kappa shape index (κ3) is 6.07. The van der Waals surface area contributed by atoms with Gasteiger partial charge in [-0.25, -0.2) is 8.42 Å². The molecule has 0 aliphatic rings. The molecule has 1 N–H and O–H groups in total. The number of hydrogen-bond donors (Lipinski definition) is 1. The molecule has 1 aromatic carbocycles. The topological polar surface area (TPSA) is 71.4 Å². The van der Waals surface area contributed by atoms with Gasteiger partial charge in [-0.05, 0) is 11.1 Å². The molecule has 4 nitrogen and oxygen atoms in total. The lowest BCUT2D eigenvalue weighted by Gasteiger charge is -2.07. The third-order valence-electron chi connectivity index (χ3n) is 2.32. The van der Waals surface area contributed by atoms with Crippen LogP contribution in [0.4, 0.5) is 0 Å². The SMILES string of the molecule is CS(=O)(=O)CCSCc1ccccc1CC(=O)O. The number of benzene rings is 1. The van der Waals surface area contributed by atoms with Gasteiger partial charge in [-0.3, -0.25) is 4.79 Å². The molecule has 1 rings (SSSR count). The van der Waals surface area contributed by atoms with Crippen molar-refractivity contribution in [2.24, 2.45) is 0 Å². The van der Waals surface area contributed by atoms with E-state index < -0.39 is 15.8 Å². The van der Waals surface area contributed by atoms with Crippen molar-refractivity contribution < 1.29 is 18.3 Å². The lowest BCUT2D eigenvalue weighted by atomic mass is 10.1. The van der Waals surface area contributed by atoms with Crippen LogP contribution < -0.4 is 0 Å². The second kappa shape index (κ2) is 6.80. The van der Waals surface area contributed by atoms with Crippen molar-refractivity contribution in [2.45, 2.75) is 12.2 Å². The Hall–Kier alpha value is -1.01. The van der Waals surface area contributed by atoms with Crippen molar-refractivity contribution in [3.05, 3.63) is 35.4 Å². The summed E-state index contributed by atoms with van der Waals surface area (Å²) in [6, 6.07) is 7.34. The van der Waals surface area contributed by atoms with Gasteiger partial charge in [0, 0.05) is 17.8 Å². The predicted octanol–water partition coefficient (Wildman–Crippen LogP) is 1.59. The zero-order chi connectivity index (χ0) is 13.6. The zero-order valence-corrected chi connectivity index (χ0v) is 11.8. The fraction of sp³-hybridized carbons (Fsp3) is 0.417. The minimum atomic E-state index is -2.92. The van der Waals surface area contributed by atoms with Crippen LogP contribution in [0.5, 0.6) is 0 Å². The van der Waals surface area contributed by atoms with Crippen LogP contribution in [0, 0.1) is 0 Å². The molecule has 0 bridgehead atoms. The summed E-state index contributed by atoms with van der Waals surface area (Å²) in [7, 11) is -2.92. The first-order valence-electron chi connectivity index (χ1n) is 5.42. The Balaban J connectivity index is 2.54. The van der Waals surface area contributed by atoms with Crippen molar-refractivity contribution in [3.63, 3.8) is 0 Å². The number of sulfone groups is 1. The summed E-state index contributed by atoms with van der Waals surface area (Å²) in [6.45, 7) is 0. The van der Waals surface area contributed by atoms with Crippen LogP contribution in [0.2, 0.25) is 0 Å². The molecule has 0 amide bonds. The molecule has 6 heteroatoms. The number of carboxylic acid groups (broad SMARTS) is 1. The molecule has 0 aromatic heterocycles. The zero-order valence-electron chi connectivity index (χ0n) is 10.1. The molecule has 0 saturated heterocycles. The minimum absolute atomic E-state index is 0.00279. The fourth-order valence-electron chi connectivity index (χ4n) is 1.43. The highest BCUT2D eigenvalue weighted by atomic mass is 32.2. The maximum absolute atomic E-state index is 11.0. The second-order valence-corrected chi connectivity index (χ2v) is 7.39. The fourth-order valence-corrected chi connectivity index (χ4v) is 3.75.